The lowest BCUT2D eigenvalue weighted by molar-refractivity contribution is -0.114. The van der Waals surface area contributed by atoms with Gasteiger partial charge in [-0.3, -0.25) is 0 Å². The summed E-state index contributed by atoms with van der Waals surface area (Å²) < 4.78 is 16.7. The van der Waals surface area contributed by atoms with Gasteiger partial charge in [-0.05, 0) is 39.8 Å². The van der Waals surface area contributed by atoms with Crippen molar-refractivity contribution in [3.63, 3.8) is 0 Å². The van der Waals surface area contributed by atoms with Crippen molar-refractivity contribution in [2.45, 2.75) is 38.9 Å². The molecule has 0 spiro atoms. The van der Waals surface area contributed by atoms with Crippen LogP contribution in [0.5, 0.6) is 0 Å². The van der Waals surface area contributed by atoms with Gasteiger partial charge in [0.1, 0.15) is 5.58 Å². The second-order valence-corrected chi connectivity index (χ2v) is 5.68. The summed E-state index contributed by atoms with van der Waals surface area (Å²) in [5, 5.41) is 1.07. The molecule has 0 saturated carbocycles. The van der Waals surface area contributed by atoms with Crippen LogP contribution in [0.15, 0.2) is 34.9 Å². The topological polar surface area (TPSA) is 31.6 Å². The van der Waals surface area contributed by atoms with E-state index in [2.05, 4.69) is 0 Å². The third-order valence-corrected chi connectivity index (χ3v) is 3.93. The molecular formula is C15H20BO3. The molecule has 2 aromatic rings. The monoisotopic (exact) mass is 259 g/mol. The van der Waals surface area contributed by atoms with E-state index in [4.69, 9.17) is 13.8 Å². The summed E-state index contributed by atoms with van der Waals surface area (Å²) in [6.07, 6.45) is 1.69. The second-order valence-electron chi connectivity index (χ2n) is 5.68. The zero-order valence-corrected chi connectivity index (χ0v) is 12.2. The lowest BCUT2D eigenvalue weighted by Gasteiger charge is -2.40. The molecule has 4 heteroatoms. The molecule has 0 fully saturated rings. The molecule has 0 saturated heterocycles. The molecule has 0 amide bonds. The average molecular weight is 259 g/mol. The summed E-state index contributed by atoms with van der Waals surface area (Å²) >= 11 is 0. The summed E-state index contributed by atoms with van der Waals surface area (Å²) in [4.78, 5) is 0. The molecule has 0 N–H and O–H groups in total. The summed E-state index contributed by atoms with van der Waals surface area (Å²) in [5.74, 6) is 0. The van der Waals surface area contributed by atoms with Crippen LogP contribution in [0.4, 0.5) is 0 Å². The molecule has 1 radical (unpaired) electrons. The van der Waals surface area contributed by atoms with Crippen LogP contribution in [-0.2, 0) is 9.39 Å². The molecule has 0 bridgehead atoms. The zero-order chi connectivity index (χ0) is 14.1. The van der Waals surface area contributed by atoms with Crippen LogP contribution < -0.4 is 5.46 Å². The zero-order valence-electron chi connectivity index (χ0n) is 12.2. The van der Waals surface area contributed by atoms with Crippen molar-refractivity contribution in [1.82, 2.24) is 0 Å². The van der Waals surface area contributed by atoms with Crippen molar-refractivity contribution >= 4 is 23.9 Å². The van der Waals surface area contributed by atoms with Crippen LogP contribution in [0.3, 0.4) is 0 Å². The van der Waals surface area contributed by atoms with Crippen LogP contribution in [0.1, 0.15) is 27.7 Å². The molecule has 0 atom stereocenters. The van der Waals surface area contributed by atoms with Crippen LogP contribution in [0, 0.1) is 0 Å². The van der Waals surface area contributed by atoms with E-state index in [0.29, 0.717) is 0 Å². The lowest BCUT2D eigenvalue weighted by atomic mass is 9.82. The Morgan fingerprint density at radius 3 is 2.47 bits per heavy atom. The highest BCUT2D eigenvalue weighted by Gasteiger charge is 2.37. The second kappa shape index (κ2) is 5.02. The van der Waals surface area contributed by atoms with Gasteiger partial charge in [0.2, 0.25) is 0 Å². The van der Waals surface area contributed by atoms with Crippen LogP contribution in [0.25, 0.3) is 11.0 Å². The number of ether oxygens (including phenoxy) is 1. The van der Waals surface area contributed by atoms with Gasteiger partial charge in [-0.15, -0.1) is 0 Å². The third-order valence-electron chi connectivity index (χ3n) is 3.93. The van der Waals surface area contributed by atoms with Crippen LogP contribution >= 0.6 is 0 Å². The molecule has 0 aliphatic heterocycles. The quantitative estimate of drug-likeness (QED) is 0.774. The van der Waals surface area contributed by atoms with Gasteiger partial charge in [-0.25, -0.2) is 0 Å². The molecule has 1 aromatic carbocycles. The molecule has 101 valence electrons. The van der Waals surface area contributed by atoms with Crippen molar-refractivity contribution in [2.24, 2.45) is 0 Å². The van der Waals surface area contributed by atoms with E-state index in [1.54, 1.807) is 20.9 Å². The number of hydrogen-bond donors (Lipinski definition) is 0. The van der Waals surface area contributed by atoms with Crippen LogP contribution in [-0.4, -0.2) is 25.8 Å². The molecule has 1 aromatic heterocycles. The van der Waals surface area contributed by atoms with Gasteiger partial charge in [0.25, 0.3) is 0 Å². The van der Waals surface area contributed by atoms with Crippen molar-refractivity contribution in [3.05, 3.63) is 30.5 Å². The Labute approximate surface area is 115 Å². The molecular weight excluding hydrogens is 239 g/mol. The van der Waals surface area contributed by atoms with Gasteiger partial charge >= 0.3 is 7.48 Å². The first kappa shape index (κ1) is 14.2. The van der Waals surface area contributed by atoms with E-state index in [1.165, 1.54) is 0 Å². The average Bonchev–Trinajstić information content (AvgIpc) is 2.83. The first-order chi connectivity index (χ1) is 8.86. The molecule has 19 heavy (non-hydrogen) atoms. The van der Waals surface area contributed by atoms with Gasteiger partial charge in [-0.2, -0.15) is 0 Å². The fourth-order valence-corrected chi connectivity index (χ4v) is 1.66. The Kier molecular flexibility index (Phi) is 3.74. The number of furan rings is 1. The Morgan fingerprint density at radius 2 is 1.79 bits per heavy atom. The Balaban J connectivity index is 2.09. The molecule has 0 unspecified atom stereocenters. The fraction of sp³-hybridized carbons (Fsp3) is 0.467. The number of rotatable bonds is 5. The SMILES string of the molecule is COC(C)(C)C(C)(C)O[B]c1ccc2occc2c1. The Bertz CT molecular complexity index is 557. The molecule has 2 rings (SSSR count). The predicted octanol–water partition coefficient (Wildman–Crippen LogP) is 2.90. The highest BCUT2D eigenvalue weighted by molar-refractivity contribution is 6.47. The summed E-state index contributed by atoms with van der Waals surface area (Å²) in [6, 6.07) is 7.90. The number of methoxy groups -OCH3 is 1. The minimum atomic E-state index is -0.424. The fourth-order valence-electron chi connectivity index (χ4n) is 1.66. The number of hydrogen-bond acceptors (Lipinski definition) is 3. The first-order valence-corrected chi connectivity index (χ1v) is 6.39. The highest BCUT2D eigenvalue weighted by atomic mass is 16.5. The summed E-state index contributed by atoms with van der Waals surface area (Å²) in [6.45, 7) is 8.06. The van der Waals surface area contributed by atoms with Crippen molar-refractivity contribution in [3.8, 4) is 0 Å². The van der Waals surface area contributed by atoms with Gasteiger partial charge in [0.15, 0.2) is 0 Å². The van der Waals surface area contributed by atoms with E-state index in [9.17, 15) is 0 Å². The summed E-state index contributed by atoms with van der Waals surface area (Å²) in [7, 11) is 3.47. The smallest absolute Gasteiger partial charge is 0.330 e. The van der Waals surface area contributed by atoms with E-state index in [0.717, 1.165) is 16.4 Å². The van der Waals surface area contributed by atoms with Crippen molar-refractivity contribution in [2.75, 3.05) is 7.11 Å². The lowest BCUT2D eigenvalue weighted by Crippen LogP contribution is -2.50. The van der Waals surface area contributed by atoms with Gasteiger partial charge in [0, 0.05) is 12.5 Å². The summed E-state index contributed by atoms with van der Waals surface area (Å²) in [5.41, 5.74) is 1.10. The number of fused-ring (bicyclic) bond motifs is 1. The normalized spacial score (nSPS) is 12.9. The maximum Gasteiger partial charge on any atom is 0.330 e. The predicted molar refractivity (Wildman–Crippen MR) is 77.9 cm³/mol. The van der Waals surface area contributed by atoms with E-state index < -0.39 is 5.60 Å². The van der Waals surface area contributed by atoms with Gasteiger partial charge in [-0.1, -0.05) is 17.6 Å². The van der Waals surface area contributed by atoms with Crippen molar-refractivity contribution < 1.29 is 13.8 Å². The molecule has 1 heterocycles. The first-order valence-electron chi connectivity index (χ1n) is 6.39. The van der Waals surface area contributed by atoms with E-state index >= 15 is 0 Å². The Hall–Kier alpha value is -1.26. The largest absolute Gasteiger partial charge is 0.464 e. The molecule has 3 nitrogen and oxygen atoms in total. The van der Waals surface area contributed by atoms with Gasteiger partial charge in [0.05, 0.1) is 17.5 Å². The number of benzene rings is 1. The molecule has 0 aliphatic carbocycles. The van der Waals surface area contributed by atoms with Gasteiger partial charge < -0.3 is 13.8 Å². The standard InChI is InChI=1S/C15H20BO3/c1-14(2,17-5)15(3,4)19-16-12-6-7-13-11(10-12)8-9-18-13/h6-10H,1-5H3. The van der Waals surface area contributed by atoms with E-state index in [-0.39, 0.29) is 5.60 Å². The highest BCUT2D eigenvalue weighted by Crippen LogP contribution is 2.27. The Morgan fingerprint density at radius 1 is 1.05 bits per heavy atom. The third kappa shape index (κ3) is 2.85. The maximum atomic E-state index is 5.92. The van der Waals surface area contributed by atoms with Crippen LogP contribution in [0.2, 0.25) is 0 Å². The maximum absolute atomic E-state index is 5.92. The molecule has 0 aliphatic rings. The minimum absolute atomic E-state index is 0.372. The minimum Gasteiger partial charge on any atom is -0.464 e. The van der Waals surface area contributed by atoms with E-state index in [1.807, 2.05) is 52.0 Å². The van der Waals surface area contributed by atoms with Crippen molar-refractivity contribution in [1.29, 1.82) is 0 Å².